The maximum absolute atomic E-state index is 14.0. The maximum Gasteiger partial charge on any atom is 0.341 e. The fourth-order valence-electron chi connectivity index (χ4n) is 6.77. The molecule has 2 aliphatic rings. The molecule has 1 atom stereocenters. The van der Waals surface area contributed by atoms with E-state index in [4.69, 9.17) is 0 Å². The van der Waals surface area contributed by atoms with E-state index in [9.17, 15) is 9.59 Å². The third-order valence-corrected chi connectivity index (χ3v) is 15.5. The van der Waals surface area contributed by atoms with Crippen LogP contribution in [-0.2, 0) is 10.3 Å². The molecule has 2 aliphatic heterocycles. The minimum Gasteiger partial charge on any atom is -0.312 e. The van der Waals surface area contributed by atoms with Crippen LogP contribution in [0.1, 0.15) is 58.4 Å². The van der Waals surface area contributed by atoms with Crippen LogP contribution in [0.15, 0.2) is 48.5 Å². The van der Waals surface area contributed by atoms with Crippen LogP contribution in [0.5, 0.6) is 0 Å². The Balaban J connectivity index is 1.81. The molecule has 0 radical (unpaired) electrons. The van der Waals surface area contributed by atoms with Crippen molar-refractivity contribution in [3.05, 3.63) is 65.4 Å². The minimum atomic E-state index is -2.00. The summed E-state index contributed by atoms with van der Waals surface area (Å²) in [5, 5.41) is 0.913. The lowest BCUT2D eigenvalue weighted by molar-refractivity contribution is -0.123. The number of likely N-dealkylation sites (N-methyl/N-ethyl adjacent to an activating group) is 1. The van der Waals surface area contributed by atoms with Gasteiger partial charge in [0.05, 0.1) is 21.7 Å². The Morgan fingerprint density at radius 3 is 2.14 bits per heavy atom. The van der Waals surface area contributed by atoms with Gasteiger partial charge in [0.15, 0.2) is 5.54 Å². The molecule has 5 rings (SSSR count). The van der Waals surface area contributed by atoms with Crippen LogP contribution in [0, 0.1) is 11.5 Å². The van der Waals surface area contributed by atoms with Crippen molar-refractivity contribution < 1.29 is 9.59 Å². The fraction of sp³-hybridized carbons (Fsp3) is 0.379. The van der Waals surface area contributed by atoms with E-state index >= 15 is 0 Å². The Morgan fingerprint density at radius 1 is 0.889 bits per heavy atom. The molecule has 3 heterocycles. The number of carbonyl (C=O) groups excluding carboxylic acids is 2. The first-order valence-electron chi connectivity index (χ1n) is 12.6. The van der Waals surface area contributed by atoms with E-state index in [1.807, 2.05) is 48.5 Å². The summed E-state index contributed by atoms with van der Waals surface area (Å²) in [7, 11) is -0.237. The summed E-state index contributed by atoms with van der Waals surface area (Å²) >= 11 is 3.57. The molecule has 0 saturated heterocycles. The molecule has 3 aromatic rings. The SMILES string of the molecule is CC(C)[Si](C#Cc1cc2cccc3c2n1C(=O)N(Br)C31C(=O)N(C)c2ccccc21)(C(C)C)C(C)C. The summed E-state index contributed by atoms with van der Waals surface area (Å²) in [6.07, 6.45) is 0. The van der Waals surface area contributed by atoms with Gasteiger partial charge in [-0.3, -0.25) is 9.36 Å². The first-order valence-corrected chi connectivity index (χ1v) is 15.5. The summed E-state index contributed by atoms with van der Waals surface area (Å²) < 4.78 is 3.11. The topological polar surface area (TPSA) is 45.6 Å². The Bertz CT molecular complexity index is 1460. The molecule has 7 heteroatoms. The molecule has 1 spiro atoms. The number of rotatable bonds is 3. The monoisotopic (exact) mass is 561 g/mol. The zero-order valence-corrected chi connectivity index (χ0v) is 24.5. The molecular formula is C29H32BrN3O2Si. The largest absolute Gasteiger partial charge is 0.341 e. The molecular weight excluding hydrogens is 530 g/mol. The first-order chi connectivity index (χ1) is 17.0. The summed E-state index contributed by atoms with van der Waals surface area (Å²) in [5.41, 5.74) is 7.76. The normalized spacial score (nSPS) is 19.2. The van der Waals surface area contributed by atoms with Gasteiger partial charge in [0, 0.05) is 29.2 Å². The minimum absolute atomic E-state index is 0.160. The van der Waals surface area contributed by atoms with Gasteiger partial charge in [-0.2, -0.15) is 0 Å². The van der Waals surface area contributed by atoms with Crippen LogP contribution in [-0.4, -0.2) is 35.6 Å². The van der Waals surface area contributed by atoms with E-state index in [1.54, 1.807) is 16.5 Å². The molecule has 1 unspecified atom stereocenters. The summed E-state index contributed by atoms with van der Waals surface area (Å²) in [6, 6.07) is 15.3. The average Bonchev–Trinajstić information content (AvgIpc) is 3.31. The molecule has 0 aliphatic carbocycles. The number of hydrogen-bond acceptors (Lipinski definition) is 2. The lowest BCUT2D eigenvalue weighted by atomic mass is 9.82. The van der Waals surface area contributed by atoms with Crippen LogP contribution in [0.25, 0.3) is 10.9 Å². The highest BCUT2D eigenvalue weighted by Crippen LogP contribution is 2.53. The van der Waals surface area contributed by atoms with Crippen molar-refractivity contribution >= 4 is 52.7 Å². The zero-order valence-electron chi connectivity index (χ0n) is 21.9. The third kappa shape index (κ3) is 2.95. The molecule has 1 aromatic heterocycles. The fourth-order valence-corrected chi connectivity index (χ4v) is 12.7. The van der Waals surface area contributed by atoms with Crippen LogP contribution < -0.4 is 4.90 Å². The number of anilines is 1. The molecule has 5 nitrogen and oxygen atoms in total. The third-order valence-electron chi connectivity index (χ3n) is 8.41. The molecule has 2 aromatic carbocycles. The number of benzene rings is 2. The van der Waals surface area contributed by atoms with Gasteiger partial charge in [-0.15, -0.1) is 5.54 Å². The molecule has 36 heavy (non-hydrogen) atoms. The summed E-state index contributed by atoms with van der Waals surface area (Å²) in [4.78, 5) is 29.6. The van der Waals surface area contributed by atoms with Gasteiger partial charge in [0.25, 0.3) is 5.91 Å². The smallest absolute Gasteiger partial charge is 0.312 e. The lowest BCUT2D eigenvalue weighted by Crippen LogP contribution is -2.55. The molecule has 186 valence electrons. The number of nitrogens with zero attached hydrogens (tertiary/aromatic N) is 3. The van der Waals surface area contributed by atoms with Gasteiger partial charge in [0.1, 0.15) is 13.8 Å². The Kier molecular flexibility index (Phi) is 5.77. The average molecular weight is 563 g/mol. The van der Waals surface area contributed by atoms with Crippen molar-refractivity contribution in [2.75, 3.05) is 11.9 Å². The van der Waals surface area contributed by atoms with Crippen molar-refractivity contribution in [1.29, 1.82) is 0 Å². The van der Waals surface area contributed by atoms with Gasteiger partial charge >= 0.3 is 6.03 Å². The van der Waals surface area contributed by atoms with Crippen molar-refractivity contribution in [3.8, 4) is 11.5 Å². The predicted molar refractivity (Wildman–Crippen MR) is 152 cm³/mol. The number of hydrogen-bond donors (Lipinski definition) is 0. The number of amides is 2. The van der Waals surface area contributed by atoms with Gasteiger partial charge in [0.2, 0.25) is 0 Å². The number of aromatic nitrogens is 1. The standard InChI is InChI=1S/C29H32BrN3O2Si/c1-18(2)36(19(3)4,20(5)6)16-15-22-17-21-11-10-13-24-26(21)32(22)28(35)33(30)29(24)23-12-8-9-14-25(23)31(7)27(29)34/h8-14,17-20H,1-7H3. The van der Waals surface area contributed by atoms with Crippen LogP contribution in [0.2, 0.25) is 16.6 Å². The van der Waals surface area contributed by atoms with Crippen LogP contribution in [0.3, 0.4) is 0 Å². The van der Waals surface area contributed by atoms with Gasteiger partial charge in [-0.25, -0.2) is 8.72 Å². The maximum atomic E-state index is 14.0. The second kappa shape index (κ2) is 8.36. The lowest BCUT2D eigenvalue weighted by Gasteiger charge is -2.40. The van der Waals surface area contributed by atoms with E-state index in [0.717, 1.165) is 27.7 Å². The van der Waals surface area contributed by atoms with Crippen LogP contribution >= 0.6 is 16.1 Å². The molecule has 0 bridgehead atoms. The molecule has 2 amide bonds. The summed E-state index contributed by atoms with van der Waals surface area (Å²) in [5.74, 6) is 3.32. The Labute approximate surface area is 222 Å². The van der Waals surface area contributed by atoms with Crippen molar-refractivity contribution in [3.63, 3.8) is 0 Å². The first kappa shape index (κ1) is 24.9. The van der Waals surface area contributed by atoms with E-state index < -0.39 is 13.6 Å². The second-order valence-electron chi connectivity index (χ2n) is 10.9. The van der Waals surface area contributed by atoms with E-state index in [-0.39, 0.29) is 11.9 Å². The molecule has 0 fully saturated rings. The number of carbonyl (C=O) groups is 2. The van der Waals surface area contributed by atoms with E-state index in [0.29, 0.717) is 22.3 Å². The van der Waals surface area contributed by atoms with Crippen molar-refractivity contribution in [2.24, 2.45) is 0 Å². The highest BCUT2D eigenvalue weighted by atomic mass is 79.9. The highest BCUT2D eigenvalue weighted by molar-refractivity contribution is 9.07. The summed E-state index contributed by atoms with van der Waals surface area (Å²) in [6.45, 7) is 13.7. The zero-order chi connectivity index (χ0) is 26.2. The predicted octanol–water partition coefficient (Wildman–Crippen LogP) is 7.02. The number of fused-ring (bicyclic) bond motifs is 3. The highest BCUT2D eigenvalue weighted by Gasteiger charge is 2.60. The number of halogens is 1. The second-order valence-corrected chi connectivity index (χ2v) is 17.2. The molecule has 0 N–H and O–H groups in total. The van der Waals surface area contributed by atoms with Gasteiger partial charge in [-0.05, 0) is 28.8 Å². The van der Waals surface area contributed by atoms with Crippen molar-refractivity contribution in [1.82, 2.24) is 8.49 Å². The Morgan fingerprint density at radius 2 is 1.50 bits per heavy atom. The van der Waals surface area contributed by atoms with Crippen molar-refractivity contribution in [2.45, 2.75) is 63.7 Å². The van der Waals surface area contributed by atoms with E-state index in [2.05, 4.69) is 69.2 Å². The van der Waals surface area contributed by atoms with Gasteiger partial charge in [-0.1, -0.05) is 83.9 Å². The quantitative estimate of drug-likeness (QED) is 0.196. The molecule has 0 saturated carbocycles. The van der Waals surface area contributed by atoms with E-state index in [1.165, 1.54) is 3.93 Å². The Hall–Kier alpha value is -2.82. The van der Waals surface area contributed by atoms with Crippen LogP contribution in [0.4, 0.5) is 10.5 Å². The number of para-hydroxylation sites is 2. The van der Waals surface area contributed by atoms with Gasteiger partial charge < -0.3 is 4.90 Å².